The van der Waals surface area contributed by atoms with E-state index < -0.39 is 41.9 Å². The second kappa shape index (κ2) is 9.72. The van der Waals surface area contributed by atoms with Crippen LogP contribution in [0, 0.1) is 13.8 Å². The van der Waals surface area contributed by atoms with E-state index in [9.17, 15) is 27.6 Å². The van der Waals surface area contributed by atoms with Gasteiger partial charge in [-0.1, -0.05) is 0 Å². The number of anilines is 1. The zero-order valence-electron chi connectivity index (χ0n) is 18.4. The van der Waals surface area contributed by atoms with Gasteiger partial charge in [0.15, 0.2) is 5.69 Å². The van der Waals surface area contributed by atoms with Crippen LogP contribution >= 0.6 is 11.3 Å². The number of carbonyl (C=O) groups excluding carboxylic acids is 3. The van der Waals surface area contributed by atoms with Gasteiger partial charge in [0.25, 0.3) is 0 Å². The number of amides is 1. The van der Waals surface area contributed by atoms with Crippen LogP contribution in [0.3, 0.4) is 0 Å². The molecule has 1 amide bonds. The first kappa shape index (κ1) is 25.4. The summed E-state index contributed by atoms with van der Waals surface area (Å²) in [5.41, 5.74) is -0.724. The molecular formula is C20H24F3N3O5S. The van der Waals surface area contributed by atoms with E-state index in [2.05, 4.69) is 10.4 Å². The molecular weight excluding hydrogens is 451 g/mol. The number of halogens is 3. The fourth-order valence-corrected chi connectivity index (χ4v) is 3.95. The molecule has 0 aliphatic rings. The molecule has 8 nitrogen and oxygen atoms in total. The van der Waals surface area contributed by atoms with Crippen LogP contribution in [0.2, 0.25) is 0 Å². The van der Waals surface area contributed by atoms with Gasteiger partial charge < -0.3 is 14.8 Å². The Hall–Kier alpha value is -2.89. The molecule has 0 bridgehead atoms. The molecule has 2 aromatic rings. The summed E-state index contributed by atoms with van der Waals surface area (Å²) in [6.45, 7) is 9.31. The van der Waals surface area contributed by atoms with Crippen LogP contribution in [0.15, 0.2) is 6.07 Å². The standard InChI is InChI=1S/C20H24F3N3O5S/c1-7-30-19(29)15-11(5)14(18(28)31-9(2)3)17(32-15)24-16(27)12(6)26-10(4)8-13(25-26)20(21,22)23/h8-9,12H,7H2,1-6H3,(H,24,27). The van der Waals surface area contributed by atoms with E-state index in [-0.39, 0.29) is 33.3 Å². The van der Waals surface area contributed by atoms with Crippen molar-refractivity contribution in [2.45, 2.75) is 59.9 Å². The van der Waals surface area contributed by atoms with Crippen LogP contribution in [0.4, 0.5) is 18.2 Å². The third kappa shape index (κ3) is 5.47. The molecule has 32 heavy (non-hydrogen) atoms. The maximum atomic E-state index is 13.0. The minimum atomic E-state index is -4.65. The summed E-state index contributed by atoms with van der Waals surface area (Å²) >= 11 is 0.827. The van der Waals surface area contributed by atoms with E-state index in [1.54, 1.807) is 20.8 Å². The molecule has 1 N–H and O–H groups in total. The maximum absolute atomic E-state index is 13.0. The summed E-state index contributed by atoms with van der Waals surface area (Å²) in [7, 11) is 0. The lowest BCUT2D eigenvalue weighted by Crippen LogP contribution is -2.26. The highest BCUT2D eigenvalue weighted by Gasteiger charge is 2.36. The number of ether oxygens (including phenoxy) is 2. The average molecular weight is 475 g/mol. The van der Waals surface area contributed by atoms with Crippen LogP contribution in [-0.2, 0) is 20.4 Å². The third-order valence-electron chi connectivity index (χ3n) is 4.35. The molecule has 1 unspecified atom stereocenters. The Morgan fingerprint density at radius 1 is 1.19 bits per heavy atom. The molecule has 176 valence electrons. The smallest absolute Gasteiger partial charge is 0.435 e. The molecule has 0 aliphatic heterocycles. The van der Waals surface area contributed by atoms with Crippen molar-refractivity contribution in [3.05, 3.63) is 33.5 Å². The van der Waals surface area contributed by atoms with Crippen molar-refractivity contribution in [1.29, 1.82) is 0 Å². The Kier molecular flexibility index (Phi) is 7.70. The summed E-state index contributed by atoms with van der Waals surface area (Å²) in [4.78, 5) is 37.8. The lowest BCUT2D eigenvalue weighted by Gasteiger charge is -2.15. The molecule has 1 atom stereocenters. The topological polar surface area (TPSA) is 99.5 Å². The number of hydrogen-bond acceptors (Lipinski definition) is 7. The van der Waals surface area contributed by atoms with E-state index in [0.29, 0.717) is 0 Å². The number of nitrogens with zero attached hydrogens (tertiary/aromatic N) is 2. The molecule has 12 heteroatoms. The van der Waals surface area contributed by atoms with Gasteiger partial charge in [-0.3, -0.25) is 9.48 Å². The number of hydrogen-bond donors (Lipinski definition) is 1. The van der Waals surface area contributed by atoms with Crippen molar-refractivity contribution in [3.8, 4) is 0 Å². The third-order valence-corrected chi connectivity index (χ3v) is 5.54. The molecule has 0 radical (unpaired) electrons. The minimum Gasteiger partial charge on any atom is -0.462 e. The summed E-state index contributed by atoms with van der Waals surface area (Å²) in [6.07, 6.45) is -5.11. The first-order chi connectivity index (χ1) is 14.8. The number of aromatic nitrogens is 2. The van der Waals surface area contributed by atoms with Crippen molar-refractivity contribution in [1.82, 2.24) is 9.78 Å². The van der Waals surface area contributed by atoms with Crippen LogP contribution in [0.1, 0.15) is 70.7 Å². The number of thiophene rings is 1. The lowest BCUT2D eigenvalue weighted by molar-refractivity contribution is -0.141. The number of carbonyl (C=O) groups is 3. The van der Waals surface area contributed by atoms with Crippen molar-refractivity contribution in [2.75, 3.05) is 11.9 Å². The van der Waals surface area contributed by atoms with Crippen molar-refractivity contribution in [2.24, 2.45) is 0 Å². The van der Waals surface area contributed by atoms with Gasteiger partial charge >= 0.3 is 18.1 Å². The molecule has 0 fully saturated rings. The second-order valence-corrected chi connectivity index (χ2v) is 8.23. The average Bonchev–Trinajstić information content (AvgIpc) is 3.20. The summed E-state index contributed by atoms with van der Waals surface area (Å²) in [5, 5.41) is 6.05. The highest BCUT2D eigenvalue weighted by atomic mass is 32.1. The predicted molar refractivity (Wildman–Crippen MR) is 111 cm³/mol. The van der Waals surface area contributed by atoms with Gasteiger partial charge in [0.2, 0.25) is 5.91 Å². The van der Waals surface area contributed by atoms with Gasteiger partial charge in [0.1, 0.15) is 15.9 Å². The van der Waals surface area contributed by atoms with Crippen LogP contribution in [0.25, 0.3) is 0 Å². The zero-order chi connectivity index (χ0) is 24.4. The number of aryl methyl sites for hydroxylation is 1. The molecule has 2 rings (SSSR count). The van der Waals surface area contributed by atoms with Gasteiger partial charge in [-0.15, -0.1) is 11.3 Å². The predicted octanol–water partition coefficient (Wildman–Crippen LogP) is 4.52. The summed E-state index contributed by atoms with van der Waals surface area (Å²) < 4.78 is 50.0. The molecule has 0 saturated heterocycles. The lowest BCUT2D eigenvalue weighted by atomic mass is 10.1. The van der Waals surface area contributed by atoms with Gasteiger partial charge in [-0.05, 0) is 53.2 Å². The summed E-state index contributed by atoms with van der Waals surface area (Å²) in [5.74, 6) is -2.14. The molecule has 2 aromatic heterocycles. The molecule has 0 saturated carbocycles. The number of nitrogens with one attached hydrogen (secondary N) is 1. The first-order valence-electron chi connectivity index (χ1n) is 9.73. The Morgan fingerprint density at radius 3 is 2.31 bits per heavy atom. The van der Waals surface area contributed by atoms with E-state index in [0.717, 1.165) is 22.1 Å². The highest BCUT2D eigenvalue weighted by Crippen LogP contribution is 2.35. The van der Waals surface area contributed by atoms with E-state index >= 15 is 0 Å². The van der Waals surface area contributed by atoms with E-state index in [4.69, 9.17) is 9.47 Å². The van der Waals surface area contributed by atoms with Gasteiger partial charge in [0, 0.05) is 5.69 Å². The quantitative estimate of drug-likeness (QED) is 0.591. The van der Waals surface area contributed by atoms with Gasteiger partial charge in [0.05, 0.1) is 18.3 Å². The molecule has 2 heterocycles. The summed E-state index contributed by atoms with van der Waals surface area (Å²) in [6, 6.07) is -0.294. The maximum Gasteiger partial charge on any atom is 0.435 e. The molecule has 0 aromatic carbocycles. The Bertz CT molecular complexity index is 1030. The Morgan fingerprint density at radius 2 is 1.81 bits per heavy atom. The molecule has 0 spiro atoms. The van der Waals surface area contributed by atoms with E-state index in [1.807, 2.05) is 0 Å². The minimum absolute atomic E-state index is 0.0135. The first-order valence-corrected chi connectivity index (χ1v) is 10.5. The van der Waals surface area contributed by atoms with Crippen LogP contribution < -0.4 is 5.32 Å². The largest absolute Gasteiger partial charge is 0.462 e. The van der Waals surface area contributed by atoms with Crippen LogP contribution in [0.5, 0.6) is 0 Å². The fourth-order valence-electron chi connectivity index (χ4n) is 2.86. The zero-order valence-corrected chi connectivity index (χ0v) is 19.2. The van der Waals surface area contributed by atoms with Crippen LogP contribution in [-0.4, -0.2) is 40.3 Å². The fraction of sp³-hybridized carbons (Fsp3) is 0.500. The number of esters is 2. The van der Waals surface area contributed by atoms with Gasteiger partial charge in [-0.2, -0.15) is 18.3 Å². The normalized spacial score (nSPS) is 12.6. The number of alkyl halides is 3. The highest BCUT2D eigenvalue weighted by molar-refractivity contribution is 7.18. The molecule has 0 aliphatic carbocycles. The van der Waals surface area contributed by atoms with Gasteiger partial charge in [-0.25, -0.2) is 9.59 Å². The van der Waals surface area contributed by atoms with E-state index in [1.165, 1.54) is 20.8 Å². The SMILES string of the molecule is CCOC(=O)c1sc(NC(=O)C(C)n2nc(C(F)(F)F)cc2C)c(C(=O)OC(C)C)c1C. The van der Waals surface area contributed by atoms with Crippen molar-refractivity contribution in [3.63, 3.8) is 0 Å². The monoisotopic (exact) mass is 475 g/mol. The van der Waals surface area contributed by atoms with Crippen molar-refractivity contribution >= 4 is 34.2 Å². The number of rotatable bonds is 7. The second-order valence-electron chi connectivity index (χ2n) is 7.21. The Labute approximate surface area is 186 Å². The van der Waals surface area contributed by atoms with Crippen molar-refractivity contribution < 1.29 is 37.0 Å². The Balaban J connectivity index is 2.41.